The first-order valence-corrected chi connectivity index (χ1v) is 13.5. The van der Waals surface area contributed by atoms with E-state index in [4.69, 9.17) is 4.74 Å². The minimum absolute atomic E-state index is 0.0747. The highest BCUT2D eigenvalue weighted by Gasteiger charge is 2.44. The van der Waals surface area contributed by atoms with Gasteiger partial charge in [-0.2, -0.15) is 26.3 Å². The fourth-order valence-electron chi connectivity index (χ4n) is 5.99. The molecule has 2 amide bonds. The van der Waals surface area contributed by atoms with Crippen LogP contribution in [0.25, 0.3) is 0 Å². The highest BCUT2D eigenvalue weighted by Crippen LogP contribution is 2.41. The summed E-state index contributed by atoms with van der Waals surface area (Å²) in [6.07, 6.45) is -8.77. The minimum atomic E-state index is -5.00. The predicted molar refractivity (Wildman–Crippen MR) is 138 cm³/mol. The largest absolute Gasteiger partial charge is 0.416 e. The van der Waals surface area contributed by atoms with Crippen LogP contribution in [0, 0.1) is 12.7 Å². The van der Waals surface area contributed by atoms with Gasteiger partial charge in [0, 0.05) is 26.4 Å². The number of carbonyl (C=O) groups excluding carboxylic acids is 1. The number of halogens is 7. The molecule has 0 N–H and O–H groups in total. The molecule has 226 valence electrons. The maximum Gasteiger partial charge on any atom is 0.416 e. The number of likely N-dealkylation sites (tertiary alicyclic amines) is 1. The molecule has 2 aliphatic heterocycles. The van der Waals surface area contributed by atoms with Crippen molar-refractivity contribution in [1.29, 1.82) is 0 Å². The molecule has 0 unspecified atom stereocenters. The van der Waals surface area contributed by atoms with Crippen LogP contribution in [0.5, 0.6) is 0 Å². The van der Waals surface area contributed by atoms with Crippen molar-refractivity contribution in [2.75, 3.05) is 46.9 Å². The molecule has 0 aliphatic carbocycles. The highest BCUT2D eigenvalue weighted by molar-refractivity contribution is 5.75. The zero-order valence-corrected chi connectivity index (χ0v) is 23.4. The standard InChI is InChI=1S/C29H35F7N3O2/c1-18-13-23(30)5-6-25(18)26-17-24(39(4)9-11-41-12-10-39)7-8-38(26)27(40)37(3)19(2)20-14-21(28(31,32)33)16-22(15-20)29(34,35)36/h5-6,13-16,19,24,26H,7-12,17H2,1-4H3/q+1/t19-,24-,26+/m0/s1. The summed E-state index contributed by atoms with van der Waals surface area (Å²) in [5.74, 6) is -0.417. The first-order chi connectivity index (χ1) is 19.0. The van der Waals surface area contributed by atoms with Gasteiger partial charge in [0.05, 0.1) is 49.5 Å². The molecule has 0 spiro atoms. The maximum absolute atomic E-state index is 14.0. The van der Waals surface area contributed by atoms with Crippen LogP contribution in [0.4, 0.5) is 35.5 Å². The average Bonchev–Trinajstić information content (AvgIpc) is 2.91. The Hall–Kier alpha value is -2.86. The number of piperidine rings is 1. The molecule has 2 saturated heterocycles. The minimum Gasteiger partial charge on any atom is -0.370 e. The summed E-state index contributed by atoms with van der Waals surface area (Å²) < 4.78 is 101. The number of benzene rings is 2. The Morgan fingerprint density at radius 2 is 1.61 bits per heavy atom. The lowest BCUT2D eigenvalue weighted by Crippen LogP contribution is -2.62. The van der Waals surface area contributed by atoms with Crippen molar-refractivity contribution in [3.8, 4) is 0 Å². The van der Waals surface area contributed by atoms with E-state index in [-0.39, 0.29) is 17.7 Å². The van der Waals surface area contributed by atoms with Crippen LogP contribution in [0.3, 0.4) is 0 Å². The van der Waals surface area contributed by atoms with Crippen molar-refractivity contribution < 1.29 is 44.7 Å². The number of hydrogen-bond acceptors (Lipinski definition) is 2. The number of morpholine rings is 1. The molecular weight excluding hydrogens is 555 g/mol. The monoisotopic (exact) mass is 590 g/mol. The Labute approximate surface area is 235 Å². The van der Waals surface area contributed by atoms with Gasteiger partial charge in [0.15, 0.2) is 0 Å². The van der Waals surface area contributed by atoms with Gasteiger partial charge >= 0.3 is 18.4 Å². The highest BCUT2D eigenvalue weighted by atomic mass is 19.4. The number of nitrogens with zero attached hydrogens (tertiary/aromatic N) is 3. The molecule has 5 nitrogen and oxygen atoms in total. The maximum atomic E-state index is 14.0. The number of ether oxygens (including phenoxy) is 1. The lowest BCUT2D eigenvalue weighted by molar-refractivity contribution is -0.941. The molecule has 3 atom stereocenters. The van der Waals surface area contributed by atoms with Gasteiger partial charge in [0.25, 0.3) is 0 Å². The second-order valence-corrected chi connectivity index (χ2v) is 11.3. The lowest BCUT2D eigenvalue weighted by Gasteiger charge is -2.50. The van der Waals surface area contributed by atoms with E-state index >= 15 is 0 Å². The van der Waals surface area contributed by atoms with Gasteiger partial charge in [-0.1, -0.05) is 6.07 Å². The van der Waals surface area contributed by atoms with E-state index in [1.807, 2.05) is 0 Å². The Bertz CT molecular complexity index is 1230. The quantitative estimate of drug-likeness (QED) is 0.285. The first kappa shape index (κ1) is 31.1. The van der Waals surface area contributed by atoms with Gasteiger partial charge in [-0.3, -0.25) is 0 Å². The van der Waals surface area contributed by atoms with E-state index in [0.29, 0.717) is 50.3 Å². The second kappa shape index (κ2) is 11.4. The van der Waals surface area contributed by atoms with Crippen molar-refractivity contribution in [3.05, 3.63) is 70.0 Å². The topological polar surface area (TPSA) is 32.8 Å². The first-order valence-electron chi connectivity index (χ1n) is 13.5. The van der Waals surface area contributed by atoms with E-state index in [2.05, 4.69) is 7.05 Å². The fourth-order valence-corrected chi connectivity index (χ4v) is 5.99. The molecule has 0 aromatic heterocycles. The normalized spacial score (nSPS) is 22.4. The SMILES string of the molecule is Cc1cc(F)ccc1[C@H]1C[C@@H]([N+]2(C)CCOCC2)CCN1C(=O)N(C)[C@@H](C)c1cc(C(F)(F)F)cc(C(F)(F)F)c1. The molecule has 0 radical (unpaired) electrons. The molecule has 2 fully saturated rings. The predicted octanol–water partition coefficient (Wildman–Crippen LogP) is 6.97. The van der Waals surface area contributed by atoms with Crippen LogP contribution in [0.15, 0.2) is 36.4 Å². The molecule has 2 heterocycles. The van der Waals surface area contributed by atoms with Crippen LogP contribution in [0.2, 0.25) is 0 Å². The van der Waals surface area contributed by atoms with E-state index in [1.54, 1.807) is 17.9 Å². The van der Waals surface area contributed by atoms with Crippen LogP contribution < -0.4 is 0 Å². The molecule has 2 aromatic rings. The average molecular weight is 591 g/mol. The molecule has 2 aliphatic rings. The van der Waals surface area contributed by atoms with Gasteiger partial charge in [-0.25, -0.2) is 9.18 Å². The number of urea groups is 1. The number of quaternary nitrogens is 1. The zero-order valence-electron chi connectivity index (χ0n) is 23.4. The molecule has 12 heteroatoms. The van der Waals surface area contributed by atoms with Crippen molar-refractivity contribution in [3.63, 3.8) is 0 Å². The number of alkyl halides is 6. The molecule has 4 rings (SSSR count). The number of amides is 2. The molecule has 41 heavy (non-hydrogen) atoms. The van der Waals surface area contributed by atoms with Crippen LogP contribution in [-0.4, -0.2) is 73.3 Å². The summed E-state index contributed by atoms with van der Waals surface area (Å²) in [6, 6.07) is 3.84. The van der Waals surface area contributed by atoms with E-state index < -0.39 is 47.4 Å². The van der Waals surface area contributed by atoms with Gasteiger partial charge in [-0.05, 0) is 60.9 Å². The summed E-state index contributed by atoms with van der Waals surface area (Å²) in [5.41, 5.74) is -1.74. The fraction of sp³-hybridized carbons (Fsp3) is 0.552. The van der Waals surface area contributed by atoms with Gasteiger partial charge in [-0.15, -0.1) is 0 Å². The Kier molecular flexibility index (Phi) is 8.67. The third-order valence-corrected chi connectivity index (χ3v) is 8.76. The second-order valence-electron chi connectivity index (χ2n) is 11.3. The Morgan fingerprint density at radius 3 is 2.15 bits per heavy atom. The van der Waals surface area contributed by atoms with Gasteiger partial charge in [0.1, 0.15) is 18.9 Å². The number of rotatable bonds is 4. The molecule has 0 saturated carbocycles. The molecule has 2 aromatic carbocycles. The lowest BCUT2D eigenvalue weighted by atomic mass is 9.87. The zero-order chi connectivity index (χ0) is 30.3. The van der Waals surface area contributed by atoms with Crippen molar-refractivity contribution >= 4 is 6.03 Å². The van der Waals surface area contributed by atoms with Gasteiger partial charge in [0.2, 0.25) is 0 Å². The summed E-state index contributed by atoms with van der Waals surface area (Å²) >= 11 is 0. The number of hydrogen-bond donors (Lipinski definition) is 0. The van der Waals surface area contributed by atoms with E-state index in [9.17, 15) is 35.5 Å². The van der Waals surface area contributed by atoms with Gasteiger partial charge < -0.3 is 19.0 Å². The Balaban J connectivity index is 1.67. The summed E-state index contributed by atoms with van der Waals surface area (Å²) in [5, 5.41) is 0. The van der Waals surface area contributed by atoms with Crippen molar-refractivity contribution in [1.82, 2.24) is 9.80 Å². The molecule has 0 bridgehead atoms. The van der Waals surface area contributed by atoms with E-state index in [0.717, 1.165) is 23.1 Å². The van der Waals surface area contributed by atoms with Crippen molar-refractivity contribution in [2.45, 2.75) is 57.2 Å². The van der Waals surface area contributed by atoms with Crippen LogP contribution in [-0.2, 0) is 17.1 Å². The summed E-state index contributed by atoms with van der Waals surface area (Å²) in [7, 11) is 3.52. The number of carbonyl (C=O) groups is 1. The molecular formula is C29H35F7N3O2+. The van der Waals surface area contributed by atoms with E-state index in [1.165, 1.54) is 31.0 Å². The van der Waals surface area contributed by atoms with Crippen molar-refractivity contribution in [2.24, 2.45) is 0 Å². The smallest absolute Gasteiger partial charge is 0.370 e. The third-order valence-electron chi connectivity index (χ3n) is 8.76. The van der Waals surface area contributed by atoms with Crippen LogP contribution >= 0.6 is 0 Å². The third kappa shape index (κ3) is 6.63. The summed E-state index contributed by atoms with van der Waals surface area (Å²) in [4.78, 5) is 16.7. The number of aryl methyl sites for hydroxylation is 1. The Morgan fingerprint density at radius 1 is 1.02 bits per heavy atom. The van der Waals surface area contributed by atoms with Crippen LogP contribution in [0.1, 0.15) is 59.7 Å². The number of likely N-dealkylation sites (N-methyl/N-ethyl adjacent to an activating group) is 1. The summed E-state index contributed by atoms with van der Waals surface area (Å²) in [6.45, 7) is 6.33.